The third-order valence-corrected chi connectivity index (χ3v) is 4.47. The van der Waals surface area contributed by atoms with Crippen LogP contribution < -0.4 is 0 Å². The molecule has 3 rings (SSSR count). The average molecular weight is 333 g/mol. The number of amides is 1. The van der Waals surface area contributed by atoms with E-state index in [1.54, 1.807) is 17.1 Å². The number of carbonyl (C=O) groups is 1. The Hall–Kier alpha value is -1.85. The van der Waals surface area contributed by atoms with Gasteiger partial charge in [-0.25, -0.2) is 0 Å². The first-order valence-electron chi connectivity index (χ1n) is 7.84. The van der Waals surface area contributed by atoms with Gasteiger partial charge in [-0.15, -0.1) is 0 Å². The number of aromatic nitrogens is 2. The Morgan fingerprint density at radius 2 is 1.96 bits per heavy atom. The van der Waals surface area contributed by atoms with Gasteiger partial charge < -0.3 is 4.90 Å². The van der Waals surface area contributed by atoms with Crippen LogP contribution in [0.1, 0.15) is 11.1 Å². The largest absolute Gasteiger partial charge is 0.339 e. The summed E-state index contributed by atoms with van der Waals surface area (Å²) >= 11 is 5.82. The van der Waals surface area contributed by atoms with E-state index in [-0.39, 0.29) is 12.5 Å². The van der Waals surface area contributed by atoms with Crippen LogP contribution in [0.5, 0.6) is 0 Å². The van der Waals surface area contributed by atoms with Crippen molar-refractivity contribution in [2.75, 3.05) is 26.2 Å². The molecule has 0 atom stereocenters. The van der Waals surface area contributed by atoms with Crippen LogP contribution in [0.15, 0.2) is 36.7 Å². The number of benzene rings is 1. The zero-order valence-electron chi connectivity index (χ0n) is 13.3. The quantitative estimate of drug-likeness (QED) is 0.862. The minimum Gasteiger partial charge on any atom is -0.339 e. The fraction of sp³-hybridized carbons (Fsp3) is 0.412. The molecule has 1 saturated heterocycles. The summed E-state index contributed by atoms with van der Waals surface area (Å²) in [5, 5.41) is 4.61. The van der Waals surface area contributed by atoms with Gasteiger partial charge in [0.1, 0.15) is 6.54 Å². The molecule has 1 aliphatic heterocycles. The van der Waals surface area contributed by atoms with E-state index < -0.39 is 0 Å². The second-order valence-corrected chi connectivity index (χ2v) is 6.38. The van der Waals surface area contributed by atoms with Crippen LogP contribution in [-0.4, -0.2) is 51.7 Å². The van der Waals surface area contributed by atoms with Crippen LogP contribution in [0, 0.1) is 6.92 Å². The van der Waals surface area contributed by atoms with E-state index in [9.17, 15) is 4.79 Å². The molecule has 2 heterocycles. The van der Waals surface area contributed by atoms with Gasteiger partial charge in [-0.05, 0) is 18.1 Å². The first kappa shape index (κ1) is 16.0. The zero-order chi connectivity index (χ0) is 16.2. The molecule has 0 bridgehead atoms. The van der Waals surface area contributed by atoms with E-state index >= 15 is 0 Å². The molecular weight excluding hydrogens is 312 g/mol. The summed E-state index contributed by atoms with van der Waals surface area (Å²) in [6, 6.07) is 8.47. The molecule has 1 aromatic heterocycles. The predicted molar refractivity (Wildman–Crippen MR) is 90.3 cm³/mol. The molecule has 0 aliphatic carbocycles. The first-order valence-corrected chi connectivity index (χ1v) is 8.22. The molecule has 0 spiro atoms. The first-order chi connectivity index (χ1) is 11.1. The molecule has 0 unspecified atom stereocenters. The number of nitrogens with zero attached hydrogens (tertiary/aromatic N) is 4. The maximum absolute atomic E-state index is 12.3. The van der Waals surface area contributed by atoms with Crippen LogP contribution in [0.3, 0.4) is 0 Å². The van der Waals surface area contributed by atoms with Crippen molar-refractivity contribution in [1.82, 2.24) is 19.6 Å². The Bertz CT molecular complexity index is 677. The summed E-state index contributed by atoms with van der Waals surface area (Å²) in [7, 11) is 0. The van der Waals surface area contributed by atoms with Gasteiger partial charge in [-0.1, -0.05) is 35.9 Å². The van der Waals surface area contributed by atoms with Crippen molar-refractivity contribution in [3.05, 3.63) is 52.8 Å². The Kier molecular flexibility index (Phi) is 4.98. The van der Waals surface area contributed by atoms with Gasteiger partial charge in [0, 0.05) is 38.9 Å². The van der Waals surface area contributed by atoms with Crippen molar-refractivity contribution < 1.29 is 4.79 Å². The van der Waals surface area contributed by atoms with Gasteiger partial charge in [0.25, 0.3) is 0 Å². The van der Waals surface area contributed by atoms with Crippen molar-refractivity contribution in [3.8, 4) is 0 Å². The Morgan fingerprint density at radius 1 is 1.22 bits per heavy atom. The lowest BCUT2D eigenvalue weighted by molar-refractivity contribution is -0.133. The second-order valence-electron chi connectivity index (χ2n) is 5.94. The highest BCUT2D eigenvalue weighted by molar-refractivity contribution is 6.30. The SMILES string of the molecule is Cc1ccccc1CN1CCN(C(=O)Cn2cc(Cl)cn2)CC1. The van der Waals surface area contributed by atoms with E-state index in [4.69, 9.17) is 11.6 Å². The highest BCUT2D eigenvalue weighted by Crippen LogP contribution is 2.13. The fourth-order valence-electron chi connectivity index (χ4n) is 2.85. The van der Waals surface area contributed by atoms with Crippen molar-refractivity contribution in [3.63, 3.8) is 0 Å². The van der Waals surface area contributed by atoms with E-state index in [1.165, 1.54) is 11.1 Å². The fourth-order valence-corrected chi connectivity index (χ4v) is 3.00. The number of piperazine rings is 1. The number of hydrogen-bond acceptors (Lipinski definition) is 3. The van der Waals surface area contributed by atoms with Crippen molar-refractivity contribution >= 4 is 17.5 Å². The van der Waals surface area contributed by atoms with E-state index in [2.05, 4.69) is 41.2 Å². The molecule has 0 saturated carbocycles. The van der Waals surface area contributed by atoms with Gasteiger partial charge in [-0.3, -0.25) is 14.4 Å². The number of rotatable bonds is 4. The van der Waals surface area contributed by atoms with Gasteiger partial charge in [0.2, 0.25) is 5.91 Å². The molecule has 5 nitrogen and oxygen atoms in total. The summed E-state index contributed by atoms with van der Waals surface area (Å²) in [4.78, 5) is 16.6. The monoisotopic (exact) mass is 332 g/mol. The highest BCUT2D eigenvalue weighted by atomic mass is 35.5. The van der Waals surface area contributed by atoms with Crippen molar-refractivity contribution in [2.45, 2.75) is 20.0 Å². The van der Waals surface area contributed by atoms with Crippen LogP contribution in [-0.2, 0) is 17.9 Å². The van der Waals surface area contributed by atoms with E-state index in [1.807, 2.05) is 4.90 Å². The lowest BCUT2D eigenvalue weighted by Crippen LogP contribution is -2.49. The van der Waals surface area contributed by atoms with Gasteiger partial charge in [0.05, 0.1) is 11.2 Å². The van der Waals surface area contributed by atoms with E-state index in [0.717, 1.165) is 32.7 Å². The van der Waals surface area contributed by atoms with Crippen LogP contribution in [0.25, 0.3) is 0 Å². The molecule has 1 aromatic carbocycles. The van der Waals surface area contributed by atoms with Crippen LogP contribution >= 0.6 is 11.6 Å². The molecule has 1 amide bonds. The normalized spacial score (nSPS) is 15.8. The number of hydrogen-bond donors (Lipinski definition) is 0. The highest BCUT2D eigenvalue weighted by Gasteiger charge is 2.21. The molecule has 2 aromatic rings. The molecule has 0 radical (unpaired) electrons. The topological polar surface area (TPSA) is 41.4 Å². The minimum atomic E-state index is 0.0975. The Balaban J connectivity index is 1.50. The van der Waals surface area contributed by atoms with Crippen molar-refractivity contribution in [2.24, 2.45) is 0 Å². The third kappa shape index (κ3) is 4.12. The Labute approximate surface area is 141 Å². The summed E-state index contributed by atoms with van der Waals surface area (Å²) in [6.07, 6.45) is 3.23. The minimum absolute atomic E-state index is 0.0975. The molecule has 1 fully saturated rings. The third-order valence-electron chi connectivity index (χ3n) is 4.28. The number of halogens is 1. The summed E-state index contributed by atoms with van der Waals surface area (Å²) < 4.78 is 1.59. The maximum Gasteiger partial charge on any atom is 0.244 e. The lowest BCUT2D eigenvalue weighted by atomic mass is 10.1. The molecular formula is C17H21ClN4O. The van der Waals surface area contributed by atoms with Crippen LogP contribution in [0.4, 0.5) is 0 Å². The summed E-state index contributed by atoms with van der Waals surface area (Å²) in [5.41, 5.74) is 2.68. The average Bonchev–Trinajstić information content (AvgIpc) is 2.95. The smallest absolute Gasteiger partial charge is 0.244 e. The lowest BCUT2D eigenvalue weighted by Gasteiger charge is -2.35. The van der Waals surface area contributed by atoms with Crippen molar-refractivity contribution in [1.29, 1.82) is 0 Å². The Morgan fingerprint density at radius 3 is 2.61 bits per heavy atom. The molecule has 6 heteroatoms. The summed E-state index contributed by atoms with van der Waals surface area (Å²) in [5.74, 6) is 0.0975. The van der Waals surface area contributed by atoms with Gasteiger partial charge >= 0.3 is 0 Å². The number of aryl methyl sites for hydroxylation is 1. The molecule has 122 valence electrons. The van der Waals surface area contributed by atoms with Crippen LogP contribution in [0.2, 0.25) is 5.02 Å². The maximum atomic E-state index is 12.3. The predicted octanol–water partition coefficient (Wildman–Crippen LogP) is 2.19. The molecule has 0 N–H and O–H groups in total. The summed E-state index contributed by atoms with van der Waals surface area (Å²) in [6.45, 7) is 6.68. The second kappa shape index (κ2) is 7.15. The van der Waals surface area contributed by atoms with E-state index in [0.29, 0.717) is 5.02 Å². The van der Waals surface area contributed by atoms with Gasteiger partial charge in [0.15, 0.2) is 0 Å². The van der Waals surface area contributed by atoms with Gasteiger partial charge in [-0.2, -0.15) is 5.10 Å². The number of carbonyl (C=O) groups excluding carboxylic acids is 1. The standard InChI is InChI=1S/C17H21ClN4O/c1-14-4-2-3-5-15(14)11-20-6-8-21(9-7-20)17(23)13-22-12-16(18)10-19-22/h2-5,10,12H,6-9,11,13H2,1H3. The molecule has 1 aliphatic rings. The zero-order valence-corrected chi connectivity index (χ0v) is 14.0. The molecule has 23 heavy (non-hydrogen) atoms.